The number of hydrogen-bond donors (Lipinski definition) is 1. The second-order valence-corrected chi connectivity index (χ2v) is 6.15. The largest absolute Gasteiger partial charge is 0.379 e. The zero-order valence-corrected chi connectivity index (χ0v) is 11.6. The molecule has 1 N–H and O–H groups in total. The van der Waals surface area contributed by atoms with Gasteiger partial charge >= 0.3 is 0 Å². The average molecular weight is 266 g/mol. The molecule has 14 heavy (non-hydrogen) atoms. The van der Waals surface area contributed by atoms with Crippen molar-refractivity contribution < 1.29 is 4.74 Å². The van der Waals surface area contributed by atoms with E-state index >= 15 is 0 Å². The van der Waals surface area contributed by atoms with Crippen molar-refractivity contribution in [3.63, 3.8) is 0 Å². The highest BCUT2D eigenvalue weighted by Crippen LogP contribution is 2.12. The Bertz CT molecular complexity index is 148. The topological polar surface area (TPSA) is 21.3 Å². The van der Waals surface area contributed by atoms with Gasteiger partial charge in [0, 0.05) is 18.0 Å². The predicted octanol–water partition coefficient (Wildman–Crippen LogP) is 2.95. The van der Waals surface area contributed by atoms with Gasteiger partial charge in [-0.1, -0.05) is 22.9 Å². The van der Waals surface area contributed by atoms with Crippen LogP contribution in [0.4, 0.5) is 0 Å². The molecule has 0 radical (unpaired) electrons. The van der Waals surface area contributed by atoms with Crippen LogP contribution < -0.4 is 5.32 Å². The smallest absolute Gasteiger partial charge is 0.0634 e. The first-order chi connectivity index (χ1) is 6.37. The minimum Gasteiger partial charge on any atom is -0.379 e. The highest BCUT2D eigenvalue weighted by atomic mass is 79.9. The van der Waals surface area contributed by atoms with Crippen LogP contribution in [0.1, 0.15) is 40.5 Å². The fourth-order valence-corrected chi connectivity index (χ4v) is 1.85. The average Bonchev–Trinajstić information content (AvgIpc) is 2.02. The number of hydrogen-bond acceptors (Lipinski definition) is 2. The lowest BCUT2D eigenvalue weighted by molar-refractivity contribution is 0.0154. The molecule has 0 amide bonds. The van der Waals surface area contributed by atoms with Crippen molar-refractivity contribution in [2.45, 2.75) is 57.0 Å². The number of ether oxygens (including phenoxy) is 1. The van der Waals surface area contributed by atoms with Crippen molar-refractivity contribution in [1.82, 2.24) is 5.32 Å². The molecule has 0 aliphatic heterocycles. The van der Waals surface area contributed by atoms with Crippen LogP contribution in [0.5, 0.6) is 0 Å². The van der Waals surface area contributed by atoms with E-state index in [9.17, 15) is 0 Å². The van der Waals surface area contributed by atoms with Crippen LogP contribution in [0.2, 0.25) is 0 Å². The Balaban J connectivity index is 3.53. The number of methoxy groups -OCH3 is 1. The first-order valence-electron chi connectivity index (χ1n) is 5.30. The Hall–Kier alpha value is 0.400. The van der Waals surface area contributed by atoms with Gasteiger partial charge in [0.1, 0.15) is 0 Å². The van der Waals surface area contributed by atoms with Gasteiger partial charge in [-0.05, 0) is 40.2 Å². The van der Waals surface area contributed by atoms with E-state index in [4.69, 9.17) is 4.74 Å². The maximum Gasteiger partial charge on any atom is 0.0634 e. The van der Waals surface area contributed by atoms with Gasteiger partial charge < -0.3 is 10.1 Å². The first-order valence-corrected chi connectivity index (χ1v) is 6.21. The molecule has 0 saturated heterocycles. The van der Waals surface area contributed by atoms with Crippen LogP contribution >= 0.6 is 15.9 Å². The Morgan fingerprint density at radius 2 is 1.93 bits per heavy atom. The molecule has 0 rings (SSSR count). The summed E-state index contributed by atoms with van der Waals surface area (Å²) in [5.74, 6) is 0. The van der Waals surface area contributed by atoms with Crippen LogP contribution in [0.3, 0.4) is 0 Å². The summed E-state index contributed by atoms with van der Waals surface area (Å²) in [5, 5.41) is 3.49. The van der Waals surface area contributed by atoms with Gasteiger partial charge in [-0.25, -0.2) is 0 Å². The minimum atomic E-state index is -0.00720. The third-order valence-electron chi connectivity index (χ3n) is 2.45. The molecule has 0 bridgehead atoms. The van der Waals surface area contributed by atoms with Crippen molar-refractivity contribution in [2.75, 3.05) is 13.7 Å². The van der Waals surface area contributed by atoms with Gasteiger partial charge in [-0.3, -0.25) is 0 Å². The summed E-state index contributed by atoms with van der Waals surface area (Å²) in [7, 11) is 1.77. The number of halogens is 1. The van der Waals surface area contributed by atoms with Crippen LogP contribution in [0.25, 0.3) is 0 Å². The van der Waals surface area contributed by atoms with Gasteiger partial charge in [0.15, 0.2) is 0 Å². The summed E-state index contributed by atoms with van der Waals surface area (Å²) in [5.41, 5.74) is -0.00720. The highest BCUT2D eigenvalue weighted by Gasteiger charge is 2.15. The maximum atomic E-state index is 5.35. The zero-order chi connectivity index (χ0) is 11.2. The molecule has 0 saturated carbocycles. The molecule has 0 heterocycles. The number of nitrogens with one attached hydrogen (secondary N) is 1. The van der Waals surface area contributed by atoms with Crippen LogP contribution in [-0.2, 0) is 4.74 Å². The van der Waals surface area contributed by atoms with E-state index in [1.54, 1.807) is 7.11 Å². The van der Waals surface area contributed by atoms with E-state index in [1.165, 1.54) is 0 Å². The molecule has 2 unspecified atom stereocenters. The van der Waals surface area contributed by atoms with Gasteiger partial charge in [-0.2, -0.15) is 0 Å². The normalized spacial score (nSPS) is 16.7. The molecule has 2 nitrogen and oxygen atoms in total. The van der Waals surface area contributed by atoms with E-state index < -0.39 is 0 Å². The predicted molar refractivity (Wildman–Crippen MR) is 66.2 cm³/mol. The Labute approximate surface area is 96.9 Å². The first kappa shape index (κ1) is 14.4. The molecule has 2 atom stereocenters. The number of rotatable bonds is 7. The monoisotopic (exact) mass is 265 g/mol. The molecule has 0 aliphatic carbocycles. The zero-order valence-electron chi connectivity index (χ0n) is 10.1. The fourth-order valence-electron chi connectivity index (χ4n) is 1.29. The lowest BCUT2D eigenvalue weighted by atomic mass is 10.1. The van der Waals surface area contributed by atoms with Crippen molar-refractivity contribution in [3.05, 3.63) is 0 Å². The summed E-state index contributed by atoms with van der Waals surface area (Å²) in [6.07, 6.45) is 2.21. The van der Waals surface area contributed by atoms with E-state index in [0.717, 1.165) is 19.4 Å². The van der Waals surface area contributed by atoms with Crippen LogP contribution in [-0.4, -0.2) is 30.1 Å². The molecular formula is C11H24BrNO. The Morgan fingerprint density at radius 1 is 1.36 bits per heavy atom. The second-order valence-electron chi connectivity index (χ2n) is 4.59. The van der Waals surface area contributed by atoms with E-state index in [1.807, 2.05) is 0 Å². The summed E-state index contributed by atoms with van der Waals surface area (Å²) >= 11 is 3.56. The van der Waals surface area contributed by atoms with Crippen molar-refractivity contribution in [2.24, 2.45) is 0 Å². The molecule has 0 aromatic heterocycles. The van der Waals surface area contributed by atoms with Crippen LogP contribution in [0.15, 0.2) is 0 Å². The molecule has 0 aliphatic rings. The summed E-state index contributed by atoms with van der Waals surface area (Å²) in [6, 6.07) is 0.567. The standard InChI is InChI=1S/C11H24BrNO/c1-9(12)8-10(2)13-7-6-11(3,4)14-5/h9-10,13H,6-8H2,1-5H3. The van der Waals surface area contributed by atoms with Crippen molar-refractivity contribution in [1.29, 1.82) is 0 Å². The molecule has 0 aromatic carbocycles. The highest BCUT2D eigenvalue weighted by molar-refractivity contribution is 9.09. The van der Waals surface area contributed by atoms with Crippen molar-refractivity contribution in [3.8, 4) is 0 Å². The maximum absolute atomic E-state index is 5.35. The fraction of sp³-hybridized carbons (Fsp3) is 1.00. The molecule has 0 fully saturated rings. The third-order valence-corrected chi connectivity index (χ3v) is 2.82. The molecule has 86 valence electrons. The van der Waals surface area contributed by atoms with Gasteiger partial charge in [0.25, 0.3) is 0 Å². The second kappa shape index (κ2) is 6.81. The molecule has 0 spiro atoms. The van der Waals surface area contributed by atoms with Gasteiger partial charge in [-0.15, -0.1) is 0 Å². The Morgan fingerprint density at radius 3 is 2.36 bits per heavy atom. The summed E-state index contributed by atoms with van der Waals surface area (Å²) in [4.78, 5) is 0.584. The van der Waals surface area contributed by atoms with Gasteiger partial charge in [0.05, 0.1) is 5.60 Å². The summed E-state index contributed by atoms with van der Waals surface area (Å²) in [6.45, 7) is 9.65. The molecule has 3 heteroatoms. The van der Waals surface area contributed by atoms with Crippen molar-refractivity contribution >= 4 is 15.9 Å². The molecule has 0 aromatic rings. The lowest BCUT2D eigenvalue weighted by Gasteiger charge is -2.24. The quantitative estimate of drug-likeness (QED) is 0.715. The van der Waals surface area contributed by atoms with Crippen LogP contribution in [0, 0.1) is 0 Å². The molecular weight excluding hydrogens is 242 g/mol. The summed E-state index contributed by atoms with van der Waals surface area (Å²) < 4.78 is 5.35. The minimum absolute atomic E-state index is 0.00720. The van der Waals surface area contributed by atoms with Gasteiger partial charge in [0.2, 0.25) is 0 Å². The number of alkyl halides is 1. The van der Waals surface area contributed by atoms with E-state index in [2.05, 4.69) is 48.9 Å². The SMILES string of the molecule is COC(C)(C)CCNC(C)CC(C)Br. The van der Waals surface area contributed by atoms with E-state index in [-0.39, 0.29) is 5.60 Å². The third kappa shape index (κ3) is 7.77. The Kier molecular flexibility index (Phi) is 7.00. The van der Waals surface area contributed by atoms with E-state index in [0.29, 0.717) is 10.9 Å². The lowest BCUT2D eigenvalue weighted by Crippen LogP contribution is -2.34.